The van der Waals surface area contributed by atoms with E-state index in [9.17, 15) is 14.0 Å². The molecule has 2 aromatic carbocycles. The summed E-state index contributed by atoms with van der Waals surface area (Å²) in [5.41, 5.74) is 2.41. The molecule has 0 aromatic heterocycles. The Bertz CT molecular complexity index is 921. The lowest BCUT2D eigenvalue weighted by Gasteiger charge is -2.31. The van der Waals surface area contributed by atoms with Crippen LogP contribution in [0.1, 0.15) is 24.8 Å². The smallest absolute Gasteiger partial charge is 0.230 e. The van der Waals surface area contributed by atoms with E-state index in [1.165, 1.54) is 12.1 Å². The van der Waals surface area contributed by atoms with Crippen molar-refractivity contribution in [2.45, 2.75) is 25.7 Å². The van der Waals surface area contributed by atoms with E-state index < -0.39 is 5.41 Å². The van der Waals surface area contributed by atoms with Crippen LogP contribution in [0.4, 0.5) is 4.39 Å². The number of carbonyl (C=O) groups is 2. The minimum atomic E-state index is -0.588. The molecule has 1 atom stereocenters. The quantitative estimate of drug-likeness (QED) is 0.775. The van der Waals surface area contributed by atoms with Crippen molar-refractivity contribution in [2.24, 2.45) is 11.3 Å². The molecule has 1 aliphatic heterocycles. The molecule has 152 valence electrons. The molecule has 4 nitrogen and oxygen atoms in total. The average Bonchev–Trinajstić information content (AvgIpc) is 3.48. The van der Waals surface area contributed by atoms with Gasteiger partial charge in [0.1, 0.15) is 5.82 Å². The van der Waals surface area contributed by atoms with Gasteiger partial charge >= 0.3 is 0 Å². The van der Waals surface area contributed by atoms with Crippen LogP contribution in [-0.2, 0) is 16.0 Å². The Morgan fingerprint density at radius 2 is 1.83 bits per heavy atom. The highest BCUT2D eigenvalue weighted by Gasteiger charge is 2.48. The van der Waals surface area contributed by atoms with Gasteiger partial charge in [0, 0.05) is 33.1 Å². The van der Waals surface area contributed by atoms with Crippen LogP contribution < -0.4 is 0 Å². The maximum Gasteiger partial charge on any atom is 0.230 e. The summed E-state index contributed by atoms with van der Waals surface area (Å²) in [5, 5.41) is 0. The van der Waals surface area contributed by atoms with Crippen molar-refractivity contribution in [2.75, 3.05) is 27.2 Å². The van der Waals surface area contributed by atoms with Gasteiger partial charge < -0.3 is 9.80 Å². The highest BCUT2D eigenvalue weighted by atomic mass is 19.1. The molecule has 4 rings (SSSR count). The number of rotatable bonds is 5. The van der Waals surface area contributed by atoms with Crippen molar-refractivity contribution in [3.63, 3.8) is 0 Å². The van der Waals surface area contributed by atoms with Gasteiger partial charge in [-0.05, 0) is 54.5 Å². The highest BCUT2D eigenvalue weighted by Crippen LogP contribution is 2.40. The van der Waals surface area contributed by atoms with Crippen molar-refractivity contribution in [1.82, 2.24) is 9.80 Å². The van der Waals surface area contributed by atoms with Gasteiger partial charge in [0.25, 0.3) is 0 Å². The van der Waals surface area contributed by atoms with Crippen LogP contribution in [0.15, 0.2) is 48.5 Å². The number of likely N-dealkylation sites (tertiary alicyclic amines) is 1. The lowest BCUT2D eigenvalue weighted by molar-refractivity contribution is -0.139. The van der Waals surface area contributed by atoms with Crippen molar-refractivity contribution in [3.05, 3.63) is 59.9 Å². The van der Waals surface area contributed by atoms with Crippen LogP contribution in [0.3, 0.4) is 0 Å². The summed E-state index contributed by atoms with van der Waals surface area (Å²) in [7, 11) is 3.56. The largest absolute Gasteiger partial charge is 0.348 e. The number of halogens is 1. The molecule has 5 heteroatoms. The number of carbonyl (C=O) groups excluding carboxylic acids is 2. The number of benzene rings is 2. The maximum atomic E-state index is 13.3. The number of hydrogen-bond acceptors (Lipinski definition) is 2. The third-order valence-electron chi connectivity index (χ3n) is 6.10. The summed E-state index contributed by atoms with van der Waals surface area (Å²) in [6.07, 6.45) is 3.23. The standard InChI is InChI=1S/C24H27FN2O2/c1-26(2)23(29)24(12-13-27(16-24)22(28)19-6-7-19)15-17-4-3-5-20(14-17)18-8-10-21(25)11-9-18/h3-5,8-11,14,19H,6-7,12-13,15-16H2,1-2H3/t24-/m0/s1. The first-order valence-corrected chi connectivity index (χ1v) is 10.2. The predicted octanol–water partition coefficient (Wildman–Crippen LogP) is 3.75. The summed E-state index contributed by atoms with van der Waals surface area (Å²) in [4.78, 5) is 29.3. The minimum absolute atomic E-state index is 0.0794. The first kappa shape index (κ1) is 19.6. The fraction of sp³-hybridized carbons (Fsp3) is 0.417. The average molecular weight is 394 g/mol. The monoisotopic (exact) mass is 394 g/mol. The van der Waals surface area contributed by atoms with E-state index in [0.717, 1.165) is 29.5 Å². The molecule has 2 amide bonds. The minimum Gasteiger partial charge on any atom is -0.348 e. The lowest BCUT2D eigenvalue weighted by atomic mass is 9.79. The molecule has 2 fully saturated rings. The Labute approximate surface area is 171 Å². The van der Waals surface area contributed by atoms with Crippen LogP contribution >= 0.6 is 0 Å². The SMILES string of the molecule is CN(C)C(=O)[C@]1(Cc2cccc(-c3ccc(F)cc3)c2)CCN(C(=O)C2CC2)C1. The molecule has 0 radical (unpaired) electrons. The van der Waals surface area contributed by atoms with E-state index in [2.05, 4.69) is 6.07 Å². The highest BCUT2D eigenvalue weighted by molar-refractivity contribution is 5.86. The molecule has 1 heterocycles. The van der Waals surface area contributed by atoms with Crippen LogP contribution in [0.5, 0.6) is 0 Å². The topological polar surface area (TPSA) is 40.6 Å². The van der Waals surface area contributed by atoms with E-state index >= 15 is 0 Å². The maximum absolute atomic E-state index is 13.3. The second-order valence-corrected chi connectivity index (χ2v) is 8.65. The molecule has 0 spiro atoms. The third kappa shape index (κ3) is 4.04. The number of hydrogen-bond donors (Lipinski definition) is 0. The summed E-state index contributed by atoms with van der Waals surface area (Å²) < 4.78 is 13.3. The van der Waals surface area contributed by atoms with Gasteiger partial charge in [-0.2, -0.15) is 0 Å². The molecule has 0 bridgehead atoms. The fourth-order valence-electron chi connectivity index (χ4n) is 4.41. The fourth-order valence-corrected chi connectivity index (χ4v) is 4.41. The molecule has 0 unspecified atom stereocenters. The number of amides is 2. The molecule has 0 N–H and O–H groups in total. The van der Waals surface area contributed by atoms with Gasteiger partial charge in [-0.15, -0.1) is 0 Å². The van der Waals surface area contributed by atoms with Crippen LogP contribution in [0, 0.1) is 17.2 Å². The zero-order valence-electron chi connectivity index (χ0n) is 17.0. The molecule has 29 heavy (non-hydrogen) atoms. The van der Waals surface area contributed by atoms with Crippen molar-refractivity contribution >= 4 is 11.8 Å². The molecular formula is C24H27FN2O2. The summed E-state index contributed by atoms with van der Waals surface area (Å²) >= 11 is 0. The zero-order chi connectivity index (χ0) is 20.6. The van der Waals surface area contributed by atoms with E-state index in [-0.39, 0.29) is 23.5 Å². The van der Waals surface area contributed by atoms with Crippen LogP contribution in [0.25, 0.3) is 11.1 Å². The third-order valence-corrected chi connectivity index (χ3v) is 6.10. The van der Waals surface area contributed by atoms with Crippen molar-refractivity contribution in [3.8, 4) is 11.1 Å². The molecule has 2 aliphatic rings. The lowest BCUT2D eigenvalue weighted by Crippen LogP contribution is -2.44. The summed E-state index contributed by atoms with van der Waals surface area (Å²) in [6, 6.07) is 14.5. The van der Waals surface area contributed by atoms with Crippen molar-refractivity contribution < 1.29 is 14.0 Å². The van der Waals surface area contributed by atoms with E-state index in [0.29, 0.717) is 25.9 Å². The van der Waals surface area contributed by atoms with Gasteiger partial charge in [0.15, 0.2) is 0 Å². The molecular weight excluding hydrogens is 367 g/mol. The number of nitrogens with zero attached hydrogens (tertiary/aromatic N) is 2. The Morgan fingerprint density at radius 1 is 1.10 bits per heavy atom. The molecule has 1 aliphatic carbocycles. The van der Waals surface area contributed by atoms with E-state index in [1.807, 2.05) is 23.1 Å². The Kier molecular flexibility index (Phi) is 5.15. The summed E-state index contributed by atoms with van der Waals surface area (Å²) in [6.45, 7) is 1.13. The van der Waals surface area contributed by atoms with Gasteiger partial charge in [-0.25, -0.2) is 4.39 Å². The first-order chi connectivity index (χ1) is 13.9. The van der Waals surface area contributed by atoms with Crippen molar-refractivity contribution in [1.29, 1.82) is 0 Å². The Morgan fingerprint density at radius 3 is 2.48 bits per heavy atom. The van der Waals surface area contributed by atoms with Gasteiger partial charge in [-0.3, -0.25) is 9.59 Å². The van der Waals surface area contributed by atoms with Gasteiger partial charge in [-0.1, -0.05) is 36.4 Å². The second-order valence-electron chi connectivity index (χ2n) is 8.65. The van der Waals surface area contributed by atoms with Crippen LogP contribution in [0.2, 0.25) is 0 Å². The van der Waals surface area contributed by atoms with Gasteiger partial charge in [0.2, 0.25) is 11.8 Å². The zero-order valence-corrected chi connectivity index (χ0v) is 17.0. The van der Waals surface area contributed by atoms with E-state index in [1.54, 1.807) is 31.1 Å². The Balaban J connectivity index is 1.60. The summed E-state index contributed by atoms with van der Waals surface area (Å²) in [5.74, 6) is 0.197. The van der Waals surface area contributed by atoms with E-state index in [4.69, 9.17) is 0 Å². The normalized spacial score (nSPS) is 21.3. The Hall–Kier alpha value is -2.69. The first-order valence-electron chi connectivity index (χ1n) is 10.2. The molecule has 2 aromatic rings. The van der Waals surface area contributed by atoms with Crippen LogP contribution in [-0.4, -0.2) is 48.8 Å². The molecule has 1 saturated heterocycles. The van der Waals surface area contributed by atoms with Gasteiger partial charge in [0.05, 0.1) is 5.41 Å². The second kappa shape index (κ2) is 7.62. The predicted molar refractivity (Wildman–Crippen MR) is 111 cm³/mol. The molecule has 1 saturated carbocycles.